The van der Waals surface area contributed by atoms with E-state index in [1.807, 2.05) is 51.1 Å². The summed E-state index contributed by atoms with van der Waals surface area (Å²) in [6.45, 7) is 6.07. The van der Waals surface area contributed by atoms with Gasteiger partial charge in [0.2, 0.25) is 0 Å². The van der Waals surface area contributed by atoms with E-state index < -0.39 is 0 Å². The topological polar surface area (TPSA) is 40.5 Å². The molecular weight excluding hydrogens is 224 g/mol. The Morgan fingerprint density at radius 2 is 1.50 bits per heavy atom. The molecule has 0 bridgehead atoms. The first-order chi connectivity index (χ1) is 8.49. The van der Waals surface area contributed by atoms with Crippen LogP contribution in [-0.2, 0) is 0 Å². The molecule has 0 fully saturated rings. The van der Waals surface area contributed by atoms with Crippen molar-refractivity contribution >= 4 is 0 Å². The Kier molecular flexibility index (Phi) is 3.28. The molecule has 0 atom stereocenters. The lowest BCUT2D eigenvalue weighted by Crippen LogP contribution is -1.90. The molecule has 2 heteroatoms. The van der Waals surface area contributed by atoms with Crippen molar-refractivity contribution in [2.45, 2.75) is 26.7 Å². The van der Waals surface area contributed by atoms with Crippen molar-refractivity contribution in [1.29, 1.82) is 0 Å². The van der Waals surface area contributed by atoms with Gasteiger partial charge in [-0.05, 0) is 30.0 Å². The van der Waals surface area contributed by atoms with Crippen LogP contribution in [0.5, 0.6) is 11.5 Å². The van der Waals surface area contributed by atoms with Gasteiger partial charge in [-0.1, -0.05) is 43.7 Å². The second kappa shape index (κ2) is 4.73. The average molecular weight is 242 g/mol. The molecule has 0 saturated carbocycles. The van der Waals surface area contributed by atoms with Gasteiger partial charge in [-0.25, -0.2) is 0 Å². The Hall–Kier alpha value is -1.96. The zero-order valence-electron chi connectivity index (χ0n) is 10.9. The molecule has 0 spiro atoms. The first-order valence-electron chi connectivity index (χ1n) is 6.12. The highest BCUT2D eigenvalue weighted by Crippen LogP contribution is 2.37. The van der Waals surface area contributed by atoms with Crippen LogP contribution in [-0.4, -0.2) is 10.2 Å². The SMILES string of the molecule is Cc1ccc(-c2cc(C(C)C)c(O)cc2O)cc1. The van der Waals surface area contributed by atoms with E-state index in [4.69, 9.17) is 0 Å². The standard InChI is InChI=1S/C16H18O2/c1-10(2)13-8-14(16(18)9-15(13)17)12-6-4-11(3)5-7-12/h4-10,17-18H,1-3H3. The predicted octanol–water partition coefficient (Wildman–Crippen LogP) is 4.20. The van der Waals surface area contributed by atoms with Crippen LogP contribution in [0.1, 0.15) is 30.9 Å². The van der Waals surface area contributed by atoms with E-state index in [9.17, 15) is 10.2 Å². The van der Waals surface area contributed by atoms with Crippen LogP contribution >= 0.6 is 0 Å². The number of aryl methyl sites for hydroxylation is 1. The third kappa shape index (κ3) is 2.33. The zero-order chi connectivity index (χ0) is 13.3. The second-order valence-electron chi connectivity index (χ2n) is 4.95. The smallest absolute Gasteiger partial charge is 0.127 e. The minimum atomic E-state index is 0.112. The minimum Gasteiger partial charge on any atom is -0.508 e. The highest BCUT2D eigenvalue weighted by Gasteiger charge is 2.12. The van der Waals surface area contributed by atoms with Gasteiger partial charge in [-0.3, -0.25) is 0 Å². The van der Waals surface area contributed by atoms with Crippen molar-refractivity contribution in [2.75, 3.05) is 0 Å². The number of hydrogen-bond donors (Lipinski definition) is 2. The summed E-state index contributed by atoms with van der Waals surface area (Å²) in [7, 11) is 0. The van der Waals surface area contributed by atoms with Gasteiger partial charge in [0.05, 0.1) is 0 Å². The molecule has 0 radical (unpaired) electrons. The Labute approximate surface area is 108 Å². The van der Waals surface area contributed by atoms with Gasteiger partial charge in [0, 0.05) is 11.6 Å². The van der Waals surface area contributed by atoms with E-state index in [2.05, 4.69) is 0 Å². The van der Waals surface area contributed by atoms with Crippen LogP contribution < -0.4 is 0 Å². The first-order valence-corrected chi connectivity index (χ1v) is 6.12. The molecule has 2 rings (SSSR count). The Bertz CT molecular complexity index is 554. The summed E-state index contributed by atoms with van der Waals surface area (Å²) in [5.41, 5.74) is 3.75. The third-order valence-electron chi connectivity index (χ3n) is 3.13. The van der Waals surface area contributed by atoms with Crippen molar-refractivity contribution in [3.05, 3.63) is 47.5 Å². The molecule has 0 aliphatic rings. The molecule has 2 nitrogen and oxygen atoms in total. The fourth-order valence-corrected chi connectivity index (χ4v) is 2.02. The highest BCUT2D eigenvalue weighted by atomic mass is 16.3. The second-order valence-corrected chi connectivity index (χ2v) is 4.95. The summed E-state index contributed by atoms with van der Waals surface area (Å²) >= 11 is 0. The van der Waals surface area contributed by atoms with Crippen molar-refractivity contribution < 1.29 is 10.2 Å². The number of benzene rings is 2. The number of rotatable bonds is 2. The van der Waals surface area contributed by atoms with Crippen LogP contribution in [0.25, 0.3) is 11.1 Å². The summed E-state index contributed by atoms with van der Waals surface area (Å²) in [6.07, 6.45) is 0. The number of hydrogen-bond acceptors (Lipinski definition) is 2. The molecule has 0 aromatic heterocycles. The maximum atomic E-state index is 9.96. The van der Waals surface area contributed by atoms with Gasteiger partial charge >= 0.3 is 0 Å². The minimum absolute atomic E-state index is 0.112. The van der Waals surface area contributed by atoms with E-state index in [1.165, 1.54) is 11.6 Å². The molecule has 2 aromatic carbocycles. The van der Waals surface area contributed by atoms with E-state index in [0.29, 0.717) is 0 Å². The zero-order valence-corrected chi connectivity index (χ0v) is 10.9. The third-order valence-corrected chi connectivity index (χ3v) is 3.13. The van der Waals surface area contributed by atoms with Crippen LogP contribution in [0.15, 0.2) is 36.4 Å². The molecule has 0 aliphatic carbocycles. The molecule has 0 unspecified atom stereocenters. The van der Waals surface area contributed by atoms with Crippen molar-refractivity contribution in [3.8, 4) is 22.6 Å². The van der Waals surface area contributed by atoms with Crippen LogP contribution in [0.2, 0.25) is 0 Å². The molecule has 0 saturated heterocycles. The van der Waals surface area contributed by atoms with E-state index in [0.717, 1.165) is 16.7 Å². The molecule has 0 aliphatic heterocycles. The summed E-state index contributed by atoms with van der Waals surface area (Å²) in [5, 5.41) is 19.8. The van der Waals surface area contributed by atoms with Gasteiger partial charge < -0.3 is 10.2 Å². The first kappa shape index (κ1) is 12.5. The van der Waals surface area contributed by atoms with E-state index in [-0.39, 0.29) is 17.4 Å². The van der Waals surface area contributed by atoms with Gasteiger partial charge in [-0.15, -0.1) is 0 Å². The Morgan fingerprint density at radius 1 is 0.889 bits per heavy atom. The highest BCUT2D eigenvalue weighted by molar-refractivity contribution is 5.72. The Morgan fingerprint density at radius 3 is 2.06 bits per heavy atom. The van der Waals surface area contributed by atoms with Crippen molar-refractivity contribution in [1.82, 2.24) is 0 Å². The van der Waals surface area contributed by atoms with Crippen LogP contribution in [0, 0.1) is 6.92 Å². The average Bonchev–Trinajstić information content (AvgIpc) is 2.30. The van der Waals surface area contributed by atoms with Gasteiger partial charge in [0.15, 0.2) is 0 Å². The number of phenolic OH excluding ortho intramolecular Hbond substituents is 2. The van der Waals surface area contributed by atoms with Crippen molar-refractivity contribution in [2.24, 2.45) is 0 Å². The summed E-state index contributed by atoms with van der Waals surface area (Å²) in [6, 6.07) is 11.3. The summed E-state index contributed by atoms with van der Waals surface area (Å²) in [4.78, 5) is 0. The van der Waals surface area contributed by atoms with Crippen LogP contribution in [0.3, 0.4) is 0 Å². The normalized spacial score (nSPS) is 10.9. The fourth-order valence-electron chi connectivity index (χ4n) is 2.02. The number of aromatic hydroxyl groups is 2. The maximum absolute atomic E-state index is 9.96. The molecule has 18 heavy (non-hydrogen) atoms. The quantitative estimate of drug-likeness (QED) is 0.828. The van der Waals surface area contributed by atoms with E-state index >= 15 is 0 Å². The number of phenols is 2. The molecule has 0 amide bonds. The summed E-state index contributed by atoms with van der Waals surface area (Å²) < 4.78 is 0. The lowest BCUT2D eigenvalue weighted by atomic mass is 9.95. The molecule has 0 heterocycles. The summed E-state index contributed by atoms with van der Waals surface area (Å²) in [5.74, 6) is 0.480. The molecule has 2 aromatic rings. The lowest BCUT2D eigenvalue weighted by Gasteiger charge is -2.13. The largest absolute Gasteiger partial charge is 0.508 e. The van der Waals surface area contributed by atoms with Crippen molar-refractivity contribution in [3.63, 3.8) is 0 Å². The van der Waals surface area contributed by atoms with Crippen LogP contribution in [0.4, 0.5) is 0 Å². The molecule has 94 valence electrons. The Balaban J connectivity index is 2.57. The van der Waals surface area contributed by atoms with E-state index in [1.54, 1.807) is 0 Å². The monoisotopic (exact) mass is 242 g/mol. The molecule has 2 N–H and O–H groups in total. The predicted molar refractivity (Wildman–Crippen MR) is 74.0 cm³/mol. The fraction of sp³-hybridized carbons (Fsp3) is 0.250. The van der Waals surface area contributed by atoms with Gasteiger partial charge in [-0.2, -0.15) is 0 Å². The maximum Gasteiger partial charge on any atom is 0.127 e. The van der Waals surface area contributed by atoms with Gasteiger partial charge in [0.1, 0.15) is 11.5 Å². The lowest BCUT2D eigenvalue weighted by molar-refractivity contribution is 0.445. The van der Waals surface area contributed by atoms with Gasteiger partial charge in [0.25, 0.3) is 0 Å². The molecular formula is C16H18O2.